The molecule has 1 aliphatic carbocycles. The van der Waals surface area contributed by atoms with Crippen molar-refractivity contribution in [3.8, 4) is 0 Å². The molecule has 1 fully saturated rings. The average Bonchev–Trinajstić information content (AvgIpc) is 2.77. The number of aryl methyl sites for hydroxylation is 1. The molecule has 1 aromatic heterocycles. The van der Waals surface area contributed by atoms with Crippen LogP contribution in [0.1, 0.15) is 47.9 Å². The molecule has 1 N–H and O–H groups in total. The number of aromatic nitrogens is 1. The van der Waals surface area contributed by atoms with E-state index in [9.17, 15) is 4.79 Å². The molecule has 0 radical (unpaired) electrons. The summed E-state index contributed by atoms with van der Waals surface area (Å²) in [7, 11) is 0. The summed E-state index contributed by atoms with van der Waals surface area (Å²) in [6.45, 7) is 7.20. The largest absolute Gasteiger partial charge is 0.478 e. The Bertz CT molecular complexity index is 434. The third-order valence-corrected chi connectivity index (χ3v) is 4.26. The maximum Gasteiger partial charge on any atom is 0.337 e. The van der Waals surface area contributed by atoms with E-state index in [0.29, 0.717) is 11.5 Å². The molecule has 94 valence electrons. The van der Waals surface area contributed by atoms with Crippen LogP contribution < -0.4 is 0 Å². The molecule has 1 saturated carbocycles. The third kappa shape index (κ3) is 2.24. The Labute approximate surface area is 102 Å². The zero-order chi connectivity index (χ0) is 12.6. The van der Waals surface area contributed by atoms with E-state index >= 15 is 0 Å². The number of carbonyl (C=O) groups is 1. The van der Waals surface area contributed by atoms with Gasteiger partial charge in [-0.15, -0.1) is 0 Å². The SMILES string of the molecule is Cc1cc(C(=O)O)c(C)n1CC1CCCC1C. The zero-order valence-electron chi connectivity index (χ0n) is 10.9. The van der Waals surface area contributed by atoms with Gasteiger partial charge < -0.3 is 9.67 Å². The van der Waals surface area contributed by atoms with Gasteiger partial charge in [0.1, 0.15) is 0 Å². The molecule has 1 heterocycles. The Morgan fingerprint density at radius 3 is 2.65 bits per heavy atom. The number of aromatic carboxylic acids is 1. The molecule has 1 aromatic rings. The number of carboxylic acids is 1. The molecule has 0 spiro atoms. The molecule has 3 heteroatoms. The predicted molar refractivity (Wildman–Crippen MR) is 67.4 cm³/mol. The molecule has 3 nitrogen and oxygen atoms in total. The molecule has 1 aliphatic rings. The molecule has 2 unspecified atom stereocenters. The average molecular weight is 235 g/mol. The smallest absolute Gasteiger partial charge is 0.337 e. The Morgan fingerprint density at radius 1 is 1.47 bits per heavy atom. The first-order valence-corrected chi connectivity index (χ1v) is 6.40. The van der Waals surface area contributed by atoms with Gasteiger partial charge in [0.05, 0.1) is 5.56 Å². The van der Waals surface area contributed by atoms with Gasteiger partial charge in [-0.05, 0) is 38.2 Å². The van der Waals surface area contributed by atoms with Crippen LogP contribution in [-0.2, 0) is 6.54 Å². The lowest BCUT2D eigenvalue weighted by atomic mass is 9.98. The highest BCUT2D eigenvalue weighted by Gasteiger charge is 2.25. The number of hydrogen-bond donors (Lipinski definition) is 1. The van der Waals surface area contributed by atoms with Crippen LogP contribution in [0.2, 0.25) is 0 Å². The van der Waals surface area contributed by atoms with Crippen LogP contribution in [0.15, 0.2) is 6.07 Å². The highest BCUT2D eigenvalue weighted by molar-refractivity contribution is 5.89. The van der Waals surface area contributed by atoms with Crippen LogP contribution in [0.5, 0.6) is 0 Å². The minimum Gasteiger partial charge on any atom is -0.478 e. The highest BCUT2D eigenvalue weighted by Crippen LogP contribution is 2.33. The summed E-state index contributed by atoms with van der Waals surface area (Å²) in [4.78, 5) is 11.1. The monoisotopic (exact) mass is 235 g/mol. The molecular formula is C14H21NO2. The van der Waals surface area contributed by atoms with Gasteiger partial charge in [-0.3, -0.25) is 0 Å². The fraction of sp³-hybridized carbons (Fsp3) is 0.643. The van der Waals surface area contributed by atoms with Crippen molar-refractivity contribution in [2.24, 2.45) is 11.8 Å². The minimum atomic E-state index is -0.816. The van der Waals surface area contributed by atoms with Gasteiger partial charge in [-0.25, -0.2) is 4.79 Å². The molecule has 17 heavy (non-hydrogen) atoms. The van der Waals surface area contributed by atoms with E-state index < -0.39 is 5.97 Å². The Balaban J connectivity index is 2.23. The maximum atomic E-state index is 11.1. The van der Waals surface area contributed by atoms with Crippen molar-refractivity contribution >= 4 is 5.97 Å². The normalized spacial score (nSPS) is 24.2. The number of carboxylic acid groups (broad SMARTS) is 1. The second-order valence-electron chi connectivity index (χ2n) is 5.37. The zero-order valence-corrected chi connectivity index (χ0v) is 10.9. The van der Waals surface area contributed by atoms with Crippen molar-refractivity contribution in [3.63, 3.8) is 0 Å². The van der Waals surface area contributed by atoms with Gasteiger partial charge >= 0.3 is 5.97 Å². The maximum absolute atomic E-state index is 11.1. The fourth-order valence-electron chi connectivity index (χ4n) is 3.03. The summed E-state index contributed by atoms with van der Waals surface area (Å²) < 4.78 is 2.18. The summed E-state index contributed by atoms with van der Waals surface area (Å²) in [5, 5.41) is 9.10. The highest BCUT2D eigenvalue weighted by atomic mass is 16.4. The standard InChI is InChI=1S/C14H21NO2/c1-9-5-4-6-12(9)8-15-10(2)7-13(11(15)3)14(16)17/h7,9,12H,4-6,8H2,1-3H3,(H,16,17). The molecule has 0 amide bonds. The first-order valence-electron chi connectivity index (χ1n) is 6.40. The molecule has 0 aliphatic heterocycles. The van der Waals surface area contributed by atoms with Crippen molar-refractivity contribution in [2.45, 2.75) is 46.6 Å². The van der Waals surface area contributed by atoms with Crippen LogP contribution in [0, 0.1) is 25.7 Å². The fourth-order valence-corrected chi connectivity index (χ4v) is 3.03. The van der Waals surface area contributed by atoms with E-state index in [1.54, 1.807) is 6.07 Å². The first-order chi connectivity index (χ1) is 8.00. The van der Waals surface area contributed by atoms with Crippen molar-refractivity contribution in [3.05, 3.63) is 23.0 Å². The van der Waals surface area contributed by atoms with Gasteiger partial charge in [0.25, 0.3) is 0 Å². The summed E-state index contributed by atoms with van der Waals surface area (Å²) >= 11 is 0. The van der Waals surface area contributed by atoms with Gasteiger partial charge in [0.2, 0.25) is 0 Å². The molecule has 0 bridgehead atoms. The molecular weight excluding hydrogens is 214 g/mol. The summed E-state index contributed by atoms with van der Waals surface area (Å²) in [6.07, 6.45) is 3.91. The van der Waals surface area contributed by atoms with Gasteiger partial charge in [-0.2, -0.15) is 0 Å². The summed E-state index contributed by atoms with van der Waals surface area (Å²) in [5.74, 6) is 0.662. The lowest BCUT2D eigenvalue weighted by Gasteiger charge is -2.19. The molecule has 0 aromatic carbocycles. The van der Waals surface area contributed by atoms with Gasteiger partial charge in [-0.1, -0.05) is 19.8 Å². The lowest BCUT2D eigenvalue weighted by molar-refractivity contribution is 0.0696. The topological polar surface area (TPSA) is 42.2 Å². The van der Waals surface area contributed by atoms with Crippen LogP contribution in [0.25, 0.3) is 0 Å². The molecule has 2 rings (SSSR count). The van der Waals surface area contributed by atoms with Crippen LogP contribution in [0.3, 0.4) is 0 Å². The van der Waals surface area contributed by atoms with E-state index in [4.69, 9.17) is 5.11 Å². The van der Waals surface area contributed by atoms with E-state index in [1.807, 2.05) is 13.8 Å². The van der Waals surface area contributed by atoms with Crippen molar-refractivity contribution in [1.29, 1.82) is 0 Å². The number of hydrogen-bond acceptors (Lipinski definition) is 1. The van der Waals surface area contributed by atoms with Crippen LogP contribution >= 0.6 is 0 Å². The van der Waals surface area contributed by atoms with Gasteiger partial charge in [0, 0.05) is 17.9 Å². The Hall–Kier alpha value is -1.25. The lowest BCUT2D eigenvalue weighted by Crippen LogP contribution is -2.15. The number of nitrogens with zero attached hydrogens (tertiary/aromatic N) is 1. The second-order valence-corrected chi connectivity index (χ2v) is 5.37. The Morgan fingerprint density at radius 2 is 2.18 bits per heavy atom. The van der Waals surface area contributed by atoms with Crippen molar-refractivity contribution < 1.29 is 9.90 Å². The van der Waals surface area contributed by atoms with Crippen molar-refractivity contribution in [2.75, 3.05) is 0 Å². The van der Waals surface area contributed by atoms with E-state index in [-0.39, 0.29) is 0 Å². The van der Waals surface area contributed by atoms with E-state index in [2.05, 4.69) is 11.5 Å². The van der Waals surface area contributed by atoms with Crippen LogP contribution in [-0.4, -0.2) is 15.6 Å². The van der Waals surface area contributed by atoms with Gasteiger partial charge in [0.15, 0.2) is 0 Å². The van der Waals surface area contributed by atoms with Crippen LogP contribution in [0.4, 0.5) is 0 Å². The Kier molecular flexibility index (Phi) is 3.27. The number of rotatable bonds is 3. The van der Waals surface area contributed by atoms with E-state index in [1.165, 1.54) is 19.3 Å². The minimum absolute atomic E-state index is 0.452. The van der Waals surface area contributed by atoms with Crippen molar-refractivity contribution in [1.82, 2.24) is 4.57 Å². The molecule has 2 atom stereocenters. The summed E-state index contributed by atoms with van der Waals surface area (Å²) in [6, 6.07) is 1.79. The first kappa shape index (κ1) is 12.2. The second kappa shape index (κ2) is 4.55. The molecule has 0 saturated heterocycles. The van der Waals surface area contributed by atoms with E-state index in [0.717, 1.165) is 23.9 Å². The summed E-state index contributed by atoms with van der Waals surface area (Å²) in [5.41, 5.74) is 2.42. The predicted octanol–water partition coefficient (Wildman–Crippen LogP) is 3.24. The third-order valence-electron chi connectivity index (χ3n) is 4.26. The quantitative estimate of drug-likeness (QED) is 0.874.